The summed E-state index contributed by atoms with van der Waals surface area (Å²) in [4.78, 5) is 0. The zero-order valence-corrected chi connectivity index (χ0v) is 12.2. The molecule has 2 rings (SSSR count). The van der Waals surface area contributed by atoms with Gasteiger partial charge in [-0.15, -0.1) is 0 Å². The first-order valence-electron chi connectivity index (χ1n) is 6.88. The second kappa shape index (κ2) is 7.15. The maximum absolute atomic E-state index is 9.39. The van der Waals surface area contributed by atoms with Crippen molar-refractivity contribution in [2.45, 2.75) is 20.0 Å². The minimum Gasteiger partial charge on any atom is -0.497 e. The van der Waals surface area contributed by atoms with Gasteiger partial charge in [0.15, 0.2) is 0 Å². The molecule has 0 unspecified atom stereocenters. The molecule has 0 amide bonds. The van der Waals surface area contributed by atoms with Crippen LogP contribution in [-0.2, 0) is 13.0 Å². The molecule has 0 fully saturated rings. The Hall–Kier alpha value is -1.98. The van der Waals surface area contributed by atoms with Crippen molar-refractivity contribution in [3.05, 3.63) is 53.6 Å². The van der Waals surface area contributed by atoms with Crippen molar-refractivity contribution >= 4 is 12.6 Å². The summed E-state index contributed by atoms with van der Waals surface area (Å²) in [7, 11) is 0.0374. The van der Waals surface area contributed by atoms with Crippen molar-refractivity contribution < 1.29 is 19.5 Å². The highest BCUT2D eigenvalue weighted by Crippen LogP contribution is 2.16. The fraction of sp³-hybridized carbons (Fsp3) is 0.250. The zero-order chi connectivity index (χ0) is 15.2. The third-order valence-electron chi connectivity index (χ3n) is 3.35. The van der Waals surface area contributed by atoms with Crippen molar-refractivity contribution in [1.82, 2.24) is 0 Å². The minimum atomic E-state index is -1.53. The lowest BCUT2D eigenvalue weighted by Gasteiger charge is -2.12. The van der Waals surface area contributed by atoms with Crippen LogP contribution in [0.15, 0.2) is 42.5 Å². The Labute approximate surface area is 125 Å². The molecular formula is C16H19BO4. The van der Waals surface area contributed by atoms with Gasteiger partial charge in [-0.1, -0.05) is 25.1 Å². The van der Waals surface area contributed by atoms with Crippen LogP contribution in [0.3, 0.4) is 0 Å². The van der Waals surface area contributed by atoms with Gasteiger partial charge < -0.3 is 19.5 Å². The van der Waals surface area contributed by atoms with E-state index in [1.165, 1.54) is 5.56 Å². The Morgan fingerprint density at radius 2 is 1.67 bits per heavy atom. The van der Waals surface area contributed by atoms with Gasteiger partial charge in [0.05, 0.1) is 7.11 Å². The fourth-order valence-corrected chi connectivity index (χ4v) is 2.07. The molecule has 2 N–H and O–H groups in total. The summed E-state index contributed by atoms with van der Waals surface area (Å²) in [6.07, 6.45) is 0.983. The monoisotopic (exact) mass is 286 g/mol. The third-order valence-corrected chi connectivity index (χ3v) is 3.35. The summed E-state index contributed by atoms with van der Waals surface area (Å²) >= 11 is 0. The Balaban J connectivity index is 2.13. The predicted octanol–water partition coefficient (Wildman–Crippen LogP) is 1.52. The lowest BCUT2D eigenvalue weighted by Crippen LogP contribution is -2.33. The van der Waals surface area contributed by atoms with E-state index in [-0.39, 0.29) is 6.61 Å². The van der Waals surface area contributed by atoms with Crippen LogP contribution >= 0.6 is 0 Å². The van der Waals surface area contributed by atoms with Gasteiger partial charge >= 0.3 is 7.12 Å². The van der Waals surface area contributed by atoms with E-state index in [9.17, 15) is 10.0 Å². The van der Waals surface area contributed by atoms with Crippen LogP contribution in [0.25, 0.3) is 0 Å². The number of aryl methyl sites for hydroxylation is 1. The smallest absolute Gasteiger partial charge is 0.488 e. The Morgan fingerprint density at radius 1 is 1.00 bits per heavy atom. The average molecular weight is 286 g/mol. The number of hydrogen-bond acceptors (Lipinski definition) is 4. The van der Waals surface area contributed by atoms with Crippen LogP contribution < -0.4 is 14.9 Å². The van der Waals surface area contributed by atoms with Crippen molar-refractivity contribution in [3.8, 4) is 11.5 Å². The molecule has 0 radical (unpaired) electrons. The van der Waals surface area contributed by atoms with E-state index in [0.717, 1.165) is 12.2 Å². The Morgan fingerprint density at radius 3 is 2.24 bits per heavy atom. The Bertz CT molecular complexity index is 581. The average Bonchev–Trinajstić information content (AvgIpc) is 2.52. The molecule has 0 atom stereocenters. The molecule has 0 aromatic heterocycles. The van der Waals surface area contributed by atoms with Gasteiger partial charge in [-0.3, -0.25) is 0 Å². The molecule has 110 valence electrons. The van der Waals surface area contributed by atoms with E-state index in [1.54, 1.807) is 25.3 Å². The normalized spacial score (nSPS) is 10.3. The maximum atomic E-state index is 9.39. The molecule has 2 aromatic carbocycles. The molecule has 4 nitrogen and oxygen atoms in total. The highest BCUT2D eigenvalue weighted by Gasteiger charge is 2.17. The topological polar surface area (TPSA) is 58.9 Å². The van der Waals surface area contributed by atoms with Gasteiger partial charge in [0, 0.05) is 0 Å². The largest absolute Gasteiger partial charge is 0.497 e. The molecule has 5 heteroatoms. The number of rotatable bonds is 6. The van der Waals surface area contributed by atoms with Crippen LogP contribution in [0.4, 0.5) is 0 Å². The van der Waals surface area contributed by atoms with Crippen molar-refractivity contribution in [3.63, 3.8) is 0 Å². The first-order valence-corrected chi connectivity index (χ1v) is 6.88. The Kier molecular flexibility index (Phi) is 5.25. The van der Waals surface area contributed by atoms with Crippen LogP contribution in [0.1, 0.15) is 18.1 Å². The lowest BCUT2D eigenvalue weighted by atomic mass is 9.77. The van der Waals surface area contributed by atoms with Gasteiger partial charge in [0.1, 0.15) is 18.1 Å². The van der Waals surface area contributed by atoms with Gasteiger partial charge in [-0.2, -0.15) is 0 Å². The van der Waals surface area contributed by atoms with E-state index in [0.29, 0.717) is 16.8 Å². The molecule has 0 saturated heterocycles. The first kappa shape index (κ1) is 15.4. The summed E-state index contributed by atoms with van der Waals surface area (Å²) in [6, 6.07) is 12.9. The van der Waals surface area contributed by atoms with E-state index in [4.69, 9.17) is 9.47 Å². The van der Waals surface area contributed by atoms with E-state index in [2.05, 4.69) is 6.92 Å². The van der Waals surface area contributed by atoms with Gasteiger partial charge in [0.2, 0.25) is 0 Å². The molecule has 0 aliphatic heterocycles. The molecule has 0 spiro atoms. The van der Waals surface area contributed by atoms with Crippen LogP contribution in [0, 0.1) is 0 Å². The summed E-state index contributed by atoms with van der Waals surface area (Å²) in [5.41, 5.74) is 2.35. The molecule has 0 bridgehead atoms. The quantitative estimate of drug-likeness (QED) is 0.790. The first-order chi connectivity index (χ1) is 10.1. The SMILES string of the molecule is CCc1ccc(OCc2cc(OC)ccc2B(O)O)cc1. The highest BCUT2D eigenvalue weighted by molar-refractivity contribution is 6.59. The van der Waals surface area contributed by atoms with Gasteiger partial charge in [-0.25, -0.2) is 0 Å². The molecule has 0 aliphatic carbocycles. The zero-order valence-electron chi connectivity index (χ0n) is 12.2. The third kappa shape index (κ3) is 4.00. The van der Waals surface area contributed by atoms with Crippen LogP contribution in [0.2, 0.25) is 0 Å². The van der Waals surface area contributed by atoms with E-state index >= 15 is 0 Å². The van der Waals surface area contributed by atoms with E-state index in [1.807, 2.05) is 24.3 Å². The molecule has 0 saturated carbocycles. The minimum absolute atomic E-state index is 0.246. The second-order valence-electron chi connectivity index (χ2n) is 4.72. The second-order valence-corrected chi connectivity index (χ2v) is 4.72. The summed E-state index contributed by atoms with van der Waals surface area (Å²) in [6.45, 7) is 2.34. The summed E-state index contributed by atoms with van der Waals surface area (Å²) < 4.78 is 10.9. The lowest BCUT2D eigenvalue weighted by molar-refractivity contribution is 0.305. The number of ether oxygens (including phenoxy) is 2. The predicted molar refractivity (Wildman–Crippen MR) is 83.0 cm³/mol. The van der Waals surface area contributed by atoms with E-state index < -0.39 is 7.12 Å². The summed E-state index contributed by atoms with van der Waals surface area (Å²) in [5.74, 6) is 1.40. The van der Waals surface area contributed by atoms with Gasteiger partial charge in [-0.05, 0) is 47.3 Å². The number of hydrogen-bond donors (Lipinski definition) is 2. The molecule has 21 heavy (non-hydrogen) atoms. The summed E-state index contributed by atoms with van der Waals surface area (Å²) in [5, 5.41) is 18.8. The standard InChI is InChI=1S/C16H19BO4/c1-3-12-4-6-14(7-5-12)21-11-13-10-15(20-2)8-9-16(13)17(18)19/h4-10,18-19H,3,11H2,1-2H3. The van der Waals surface area contributed by atoms with Gasteiger partial charge in [0.25, 0.3) is 0 Å². The number of benzene rings is 2. The highest BCUT2D eigenvalue weighted by atomic mass is 16.5. The molecule has 2 aromatic rings. The maximum Gasteiger partial charge on any atom is 0.488 e. The fourth-order valence-electron chi connectivity index (χ4n) is 2.07. The van der Waals surface area contributed by atoms with Crippen molar-refractivity contribution in [2.24, 2.45) is 0 Å². The number of methoxy groups -OCH3 is 1. The van der Waals surface area contributed by atoms with Crippen molar-refractivity contribution in [2.75, 3.05) is 7.11 Å². The van der Waals surface area contributed by atoms with Crippen LogP contribution in [0.5, 0.6) is 11.5 Å². The van der Waals surface area contributed by atoms with Crippen LogP contribution in [-0.4, -0.2) is 24.3 Å². The van der Waals surface area contributed by atoms with Crippen molar-refractivity contribution in [1.29, 1.82) is 0 Å². The molecular weight excluding hydrogens is 267 g/mol. The molecule has 0 heterocycles. The molecule has 0 aliphatic rings.